The highest BCUT2D eigenvalue weighted by Gasteiger charge is 2.22. The summed E-state index contributed by atoms with van der Waals surface area (Å²) < 4.78 is 1.22. The molecule has 1 aromatic rings. The molecule has 2 atom stereocenters. The van der Waals surface area contributed by atoms with Gasteiger partial charge in [-0.2, -0.15) is 0 Å². The zero-order chi connectivity index (χ0) is 9.42. The normalized spacial score (nSPS) is 27.0. The highest BCUT2D eigenvalue weighted by molar-refractivity contribution is 9.10. The van der Waals surface area contributed by atoms with Crippen LogP contribution in [0, 0.1) is 5.92 Å². The Kier molecular flexibility index (Phi) is 2.46. The maximum absolute atomic E-state index is 3.53. The first-order chi connectivity index (χ1) is 6.18. The van der Waals surface area contributed by atoms with Crippen LogP contribution in [0.1, 0.15) is 37.3 Å². The fraction of sp³-hybridized carbons (Fsp3) is 0.500. The van der Waals surface area contributed by atoms with Crippen LogP contribution in [0.2, 0.25) is 0 Å². The molecule has 1 aromatic carbocycles. The Morgan fingerprint density at radius 2 is 2.08 bits per heavy atom. The predicted molar refractivity (Wildman–Crippen MR) is 60.0 cm³/mol. The van der Waals surface area contributed by atoms with Crippen LogP contribution in [0.25, 0.3) is 0 Å². The molecule has 0 bridgehead atoms. The molecule has 0 fully saturated rings. The maximum atomic E-state index is 3.53. The Morgan fingerprint density at radius 3 is 2.85 bits per heavy atom. The molecular formula is C12H15Br. The van der Waals surface area contributed by atoms with Gasteiger partial charge in [0.25, 0.3) is 0 Å². The van der Waals surface area contributed by atoms with Crippen molar-refractivity contribution in [2.24, 2.45) is 5.92 Å². The van der Waals surface area contributed by atoms with Gasteiger partial charge in [-0.05, 0) is 47.9 Å². The number of benzene rings is 1. The van der Waals surface area contributed by atoms with Gasteiger partial charge >= 0.3 is 0 Å². The van der Waals surface area contributed by atoms with Gasteiger partial charge in [0.2, 0.25) is 0 Å². The molecule has 1 aliphatic carbocycles. The summed E-state index contributed by atoms with van der Waals surface area (Å²) in [6, 6.07) is 6.71. The SMILES string of the molecule is CC1CCc2cc(Br)ccc2C1C. The van der Waals surface area contributed by atoms with E-state index in [1.807, 2.05) is 0 Å². The molecule has 0 radical (unpaired) electrons. The molecular weight excluding hydrogens is 224 g/mol. The number of halogens is 1. The number of fused-ring (bicyclic) bond motifs is 1. The molecule has 2 rings (SSSR count). The van der Waals surface area contributed by atoms with Gasteiger partial charge in [-0.3, -0.25) is 0 Å². The molecule has 0 saturated heterocycles. The molecule has 2 unspecified atom stereocenters. The number of hydrogen-bond donors (Lipinski definition) is 0. The third-order valence-electron chi connectivity index (χ3n) is 3.32. The summed E-state index contributed by atoms with van der Waals surface area (Å²) in [5.41, 5.74) is 3.10. The molecule has 0 heterocycles. The van der Waals surface area contributed by atoms with Crippen LogP contribution in [0.5, 0.6) is 0 Å². The van der Waals surface area contributed by atoms with Gasteiger partial charge in [0.15, 0.2) is 0 Å². The van der Waals surface area contributed by atoms with Crippen molar-refractivity contribution in [1.29, 1.82) is 0 Å². The van der Waals surface area contributed by atoms with Crippen molar-refractivity contribution in [3.63, 3.8) is 0 Å². The average Bonchev–Trinajstić information content (AvgIpc) is 2.12. The van der Waals surface area contributed by atoms with E-state index >= 15 is 0 Å². The molecule has 0 spiro atoms. The summed E-state index contributed by atoms with van der Waals surface area (Å²) in [6.45, 7) is 4.70. The van der Waals surface area contributed by atoms with Gasteiger partial charge in [-0.25, -0.2) is 0 Å². The third kappa shape index (κ3) is 1.67. The van der Waals surface area contributed by atoms with Gasteiger partial charge < -0.3 is 0 Å². The van der Waals surface area contributed by atoms with Crippen LogP contribution in [-0.2, 0) is 6.42 Å². The Hall–Kier alpha value is -0.300. The zero-order valence-corrected chi connectivity index (χ0v) is 9.76. The van der Waals surface area contributed by atoms with Gasteiger partial charge in [0.1, 0.15) is 0 Å². The Balaban J connectivity index is 2.44. The van der Waals surface area contributed by atoms with Gasteiger partial charge in [0, 0.05) is 4.47 Å². The molecule has 0 nitrogen and oxygen atoms in total. The lowest BCUT2D eigenvalue weighted by atomic mass is 9.77. The molecule has 70 valence electrons. The van der Waals surface area contributed by atoms with E-state index in [-0.39, 0.29) is 0 Å². The summed E-state index contributed by atoms with van der Waals surface area (Å²) in [4.78, 5) is 0. The van der Waals surface area contributed by atoms with E-state index in [0.717, 1.165) is 11.8 Å². The summed E-state index contributed by atoms with van der Waals surface area (Å²) >= 11 is 3.53. The van der Waals surface area contributed by atoms with Gasteiger partial charge in [0.05, 0.1) is 0 Å². The van der Waals surface area contributed by atoms with E-state index in [1.54, 1.807) is 11.1 Å². The number of aryl methyl sites for hydroxylation is 1. The van der Waals surface area contributed by atoms with Crippen LogP contribution in [0.4, 0.5) is 0 Å². The van der Waals surface area contributed by atoms with E-state index < -0.39 is 0 Å². The predicted octanol–water partition coefficient (Wildman–Crippen LogP) is 4.13. The van der Waals surface area contributed by atoms with Crippen LogP contribution >= 0.6 is 15.9 Å². The molecule has 0 saturated carbocycles. The second-order valence-corrected chi connectivity index (χ2v) is 5.06. The van der Waals surface area contributed by atoms with Crippen molar-refractivity contribution in [2.75, 3.05) is 0 Å². The van der Waals surface area contributed by atoms with E-state index in [9.17, 15) is 0 Å². The number of rotatable bonds is 0. The smallest absolute Gasteiger partial charge is 0.0178 e. The highest BCUT2D eigenvalue weighted by atomic mass is 79.9. The monoisotopic (exact) mass is 238 g/mol. The summed E-state index contributed by atoms with van der Waals surface area (Å²) in [7, 11) is 0. The summed E-state index contributed by atoms with van der Waals surface area (Å²) in [6.07, 6.45) is 2.59. The minimum absolute atomic E-state index is 0.733. The van der Waals surface area contributed by atoms with Crippen molar-refractivity contribution in [1.82, 2.24) is 0 Å². The second-order valence-electron chi connectivity index (χ2n) is 4.15. The van der Waals surface area contributed by atoms with Crippen LogP contribution < -0.4 is 0 Å². The van der Waals surface area contributed by atoms with Gasteiger partial charge in [-0.15, -0.1) is 0 Å². The highest BCUT2D eigenvalue weighted by Crippen LogP contribution is 2.36. The lowest BCUT2D eigenvalue weighted by Gasteiger charge is -2.28. The molecule has 0 aromatic heterocycles. The lowest BCUT2D eigenvalue weighted by Crippen LogP contribution is -2.15. The first kappa shape index (κ1) is 9.26. The Labute approximate surface area is 88.5 Å². The largest absolute Gasteiger partial charge is 0.0619 e. The fourth-order valence-corrected chi connectivity index (χ4v) is 2.58. The standard InChI is InChI=1S/C12H15Br/c1-8-3-4-10-7-11(13)5-6-12(10)9(8)2/h5-9H,3-4H2,1-2H3. The third-order valence-corrected chi connectivity index (χ3v) is 3.81. The summed E-state index contributed by atoms with van der Waals surface area (Å²) in [5, 5.41) is 0. The molecule has 0 aliphatic heterocycles. The minimum atomic E-state index is 0.733. The Morgan fingerprint density at radius 1 is 1.31 bits per heavy atom. The van der Waals surface area contributed by atoms with E-state index in [2.05, 4.69) is 48.0 Å². The van der Waals surface area contributed by atoms with E-state index in [1.165, 1.54) is 17.3 Å². The van der Waals surface area contributed by atoms with Crippen LogP contribution in [-0.4, -0.2) is 0 Å². The summed E-state index contributed by atoms with van der Waals surface area (Å²) in [5.74, 6) is 1.57. The lowest BCUT2D eigenvalue weighted by molar-refractivity contribution is 0.426. The van der Waals surface area contributed by atoms with Crippen molar-refractivity contribution >= 4 is 15.9 Å². The molecule has 13 heavy (non-hydrogen) atoms. The topological polar surface area (TPSA) is 0 Å². The Bertz CT molecular complexity index is 317. The van der Waals surface area contributed by atoms with E-state index in [4.69, 9.17) is 0 Å². The van der Waals surface area contributed by atoms with Crippen LogP contribution in [0.3, 0.4) is 0 Å². The van der Waals surface area contributed by atoms with Crippen molar-refractivity contribution < 1.29 is 0 Å². The van der Waals surface area contributed by atoms with Crippen molar-refractivity contribution in [3.05, 3.63) is 33.8 Å². The zero-order valence-electron chi connectivity index (χ0n) is 8.18. The number of hydrogen-bond acceptors (Lipinski definition) is 0. The first-order valence-electron chi connectivity index (χ1n) is 4.97. The molecule has 1 heteroatoms. The minimum Gasteiger partial charge on any atom is -0.0619 e. The average molecular weight is 239 g/mol. The molecule has 1 aliphatic rings. The van der Waals surface area contributed by atoms with E-state index in [0.29, 0.717) is 0 Å². The first-order valence-corrected chi connectivity index (χ1v) is 5.76. The quantitative estimate of drug-likeness (QED) is 0.638. The molecule has 0 N–H and O–H groups in total. The maximum Gasteiger partial charge on any atom is 0.0178 e. The van der Waals surface area contributed by atoms with Crippen molar-refractivity contribution in [3.8, 4) is 0 Å². The van der Waals surface area contributed by atoms with Gasteiger partial charge in [-0.1, -0.05) is 35.8 Å². The second kappa shape index (κ2) is 3.45. The molecule has 0 amide bonds. The van der Waals surface area contributed by atoms with Crippen LogP contribution in [0.15, 0.2) is 22.7 Å². The fourth-order valence-electron chi connectivity index (χ4n) is 2.17. The van der Waals surface area contributed by atoms with Crippen molar-refractivity contribution in [2.45, 2.75) is 32.6 Å².